The quantitative estimate of drug-likeness (QED) is 0.330. The van der Waals surface area contributed by atoms with Gasteiger partial charge >= 0.3 is 0 Å². The van der Waals surface area contributed by atoms with Gasteiger partial charge in [-0.1, -0.05) is 5.16 Å². The Bertz CT molecular complexity index is 726. The van der Waals surface area contributed by atoms with Gasteiger partial charge in [0.05, 0.1) is 34.4 Å². The summed E-state index contributed by atoms with van der Waals surface area (Å²) in [7, 11) is 4.75. The van der Waals surface area contributed by atoms with Crippen LogP contribution >= 0.6 is 24.0 Å². The molecule has 2 N–H and O–H groups in total. The van der Waals surface area contributed by atoms with E-state index in [9.17, 15) is 0 Å². The summed E-state index contributed by atoms with van der Waals surface area (Å²) in [4.78, 5) is 8.72. The molecule has 0 aliphatic rings. The van der Waals surface area contributed by atoms with Gasteiger partial charge in [0.2, 0.25) is 11.6 Å². The Labute approximate surface area is 175 Å². The molecule has 2 rings (SSSR count). The van der Waals surface area contributed by atoms with E-state index in [-0.39, 0.29) is 24.0 Å². The number of methoxy groups -OCH3 is 3. The molecule has 0 fully saturated rings. The monoisotopic (exact) mass is 491 g/mol. The number of hydrogen-bond donors (Lipinski definition) is 2. The second-order valence-corrected chi connectivity index (χ2v) is 5.32. The molecule has 0 unspecified atom stereocenters. The lowest BCUT2D eigenvalue weighted by molar-refractivity contribution is 0.324. The summed E-state index contributed by atoms with van der Waals surface area (Å²) in [6.07, 6.45) is 0. The van der Waals surface area contributed by atoms with Crippen molar-refractivity contribution in [3.05, 3.63) is 29.4 Å². The van der Waals surface area contributed by atoms with E-state index in [4.69, 9.17) is 18.7 Å². The van der Waals surface area contributed by atoms with Crippen molar-refractivity contribution in [1.29, 1.82) is 0 Å². The molecule has 1 aromatic carbocycles. The number of hydrogen-bond acceptors (Lipinski definition) is 7. The number of guanidine groups is 1. The molecular weight excluding hydrogens is 465 g/mol. The van der Waals surface area contributed by atoms with Gasteiger partial charge in [-0.05, 0) is 31.5 Å². The molecule has 0 aliphatic heterocycles. The SMILES string of the molecule is CCNC(=NCc1cc(OC)c(OC)c(OC)c1)NCc1nc(C)no1.I. The predicted molar refractivity (Wildman–Crippen MR) is 112 cm³/mol. The lowest BCUT2D eigenvalue weighted by Crippen LogP contribution is -2.36. The first-order valence-corrected chi connectivity index (χ1v) is 8.21. The van der Waals surface area contributed by atoms with Crippen LogP contribution in [0.1, 0.15) is 24.2 Å². The maximum atomic E-state index is 5.37. The molecule has 0 amide bonds. The van der Waals surface area contributed by atoms with Crippen LogP contribution in [0.4, 0.5) is 0 Å². The van der Waals surface area contributed by atoms with E-state index >= 15 is 0 Å². The van der Waals surface area contributed by atoms with Gasteiger partial charge in [-0.15, -0.1) is 24.0 Å². The van der Waals surface area contributed by atoms with Crippen LogP contribution in [0.5, 0.6) is 17.2 Å². The van der Waals surface area contributed by atoms with Gasteiger partial charge in [-0.2, -0.15) is 4.98 Å². The first kappa shape index (κ1) is 22.8. The zero-order valence-corrected chi connectivity index (χ0v) is 18.5. The Morgan fingerprint density at radius 3 is 2.26 bits per heavy atom. The highest BCUT2D eigenvalue weighted by Crippen LogP contribution is 2.38. The van der Waals surface area contributed by atoms with Gasteiger partial charge in [-0.25, -0.2) is 4.99 Å². The second kappa shape index (κ2) is 11.5. The number of nitrogens with one attached hydrogen (secondary N) is 2. The normalized spacial score (nSPS) is 10.8. The Balaban J connectivity index is 0.00000364. The Morgan fingerprint density at radius 2 is 1.78 bits per heavy atom. The van der Waals surface area contributed by atoms with Crippen LogP contribution in [-0.2, 0) is 13.1 Å². The number of benzene rings is 1. The van der Waals surface area contributed by atoms with Crippen LogP contribution in [0.2, 0.25) is 0 Å². The minimum absolute atomic E-state index is 0. The van der Waals surface area contributed by atoms with E-state index in [1.165, 1.54) is 0 Å². The van der Waals surface area contributed by atoms with Crippen molar-refractivity contribution in [2.45, 2.75) is 26.9 Å². The Morgan fingerprint density at radius 1 is 1.11 bits per heavy atom. The molecule has 27 heavy (non-hydrogen) atoms. The van der Waals surface area contributed by atoms with Crippen LogP contribution in [0, 0.1) is 6.92 Å². The first-order chi connectivity index (χ1) is 12.6. The smallest absolute Gasteiger partial charge is 0.246 e. The molecule has 9 nitrogen and oxygen atoms in total. The fourth-order valence-corrected chi connectivity index (χ4v) is 2.31. The van der Waals surface area contributed by atoms with Gasteiger partial charge in [0.15, 0.2) is 23.3 Å². The van der Waals surface area contributed by atoms with E-state index in [0.29, 0.717) is 48.0 Å². The summed E-state index contributed by atoms with van der Waals surface area (Å²) in [5, 5.41) is 10.1. The number of aromatic nitrogens is 2. The third-order valence-electron chi connectivity index (χ3n) is 3.47. The van der Waals surface area contributed by atoms with Gasteiger partial charge in [0.1, 0.15) is 0 Å². The molecule has 0 saturated heterocycles. The molecule has 0 aliphatic carbocycles. The highest BCUT2D eigenvalue weighted by molar-refractivity contribution is 14.0. The summed E-state index contributed by atoms with van der Waals surface area (Å²) in [5.41, 5.74) is 0.922. The van der Waals surface area contributed by atoms with E-state index < -0.39 is 0 Å². The summed E-state index contributed by atoms with van der Waals surface area (Å²) in [6.45, 7) is 5.31. The first-order valence-electron chi connectivity index (χ1n) is 8.21. The zero-order chi connectivity index (χ0) is 18.9. The predicted octanol–water partition coefficient (Wildman–Crippen LogP) is 2.28. The van der Waals surface area contributed by atoms with Crippen molar-refractivity contribution < 1.29 is 18.7 Å². The lowest BCUT2D eigenvalue weighted by Gasteiger charge is -2.14. The van der Waals surface area contributed by atoms with Crippen molar-refractivity contribution >= 4 is 29.9 Å². The van der Waals surface area contributed by atoms with E-state index in [2.05, 4.69) is 25.8 Å². The van der Waals surface area contributed by atoms with Gasteiger partial charge < -0.3 is 29.4 Å². The summed E-state index contributed by atoms with van der Waals surface area (Å²) < 4.78 is 21.2. The number of aryl methyl sites for hydroxylation is 1. The van der Waals surface area contributed by atoms with Crippen LogP contribution in [0.25, 0.3) is 0 Å². The molecule has 2 aromatic rings. The summed E-state index contributed by atoms with van der Waals surface area (Å²) in [6, 6.07) is 3.74. The van der Waals surface area contributed by atoms with E-state index in [1.807, 2.05) is 19.1 Å². The van der Waals surface area contributed by atoms with Crippen molar-refractivity contribution in [3.8, 4) is 17.2 Å². The third kappa shape index (κ3) is 6.45. The van der Waals surface area contributed by atoms with Gasteiger partial charge in [0, 0.05) is 6.54 Å². The van der Waals surface area contributed by atoms with Crippen LogP contribution in [-0.4, -0.2) is 44.0 Å². The molecule has 0 bridgehead atoms. The minimum atomic E-state index is 0. The van der Waals surface area contributed by atoms with Gasteiger partial charge in [0.25, 0.3) is 0 Å². The Kier molecular flexibility index (Phi) is 9.68. The second-order valence-electron chi connectivity index (χ2n) is 5.32. The standard InChI is InChI=1S/C17H25N5O4.HI/c1-6-18-17(20-10-15-21-11(2)22-26-15)19-9-12-7-13(23-3)16(25-5)14(8-12)24-4;/h7-8H,6,9-10H2,1-5H3,(H2,18,19,20);1H. The molecule has 150 valence electrons. The number of rotatable bonds is 8. The highest BCUT2D eigenvalue weighted by atomic mass is 127. The molecule has 0 spiro atoms. The maximum Gasteiger partial charge on any atom is 0.246 e. The molecular formula is C17H26IN5O4. The van der Waals surface area contributed by atoms with Crippen LogP contribution < -0.4 is 24.8 Å². The number of halogens is 1. The van der Waals surface area contributed by atoms with Crippen molar-refractivity contribution in [1.82, 2.24) is 20.8 Å². The number of ether oxygens (including phenoxy) is 3. The molecule has 10 heteroatoms. The summed E-state index contributed by atoms with van der Waals surface area (Å²) in [5.74, 6) is 3.48. The van der Waals surface area contributed by atoms with Crippen molar-refractivity contribution in [3.63, 3.8) is 0 Å². The Hall–Kier alpha value is -2.24. The topological polar surface area (TPSA) is 103 Å². The third-order valence-corrected chi connectivity index (χ3v) is 3.47. The fourth-order valence-electron chi connectivity index (χ4n) is 2.31. The minimum Gasteiger partial charge on any atom is -0.493 e. The van der Waals surface area contributed by atoms with E-state index in [0.717, 1.165) is 12.1 Å². The van der Waals surface area contributed by atoms with Gasteiger partial charge in [-0.3, -0.25) is 0 Å². The molecule has 0 radical (unpaired) electrons. The molecule has 1 aromatic heterocycles. The average Bonchev–Trinajstić information content (AvgIpc) is 3.08. The van der Waals surface area contributed by atoms with Crippen LogP contribution in [0.3, 0.4) is 0 Å². The lowest BCUT2D eigenvalue weighted by atomic mass is 10.2. The molecule has 1 heterocycles. The summed E-state index contributed by atoms with van der Waals surface area (Å²) >= 11 is 0. The molecule has 0 atom stereocenters. The van der Waals surface area contributed by atoms with Crippen LogP contribution in [0.15, 0.2) is 21.6 Å². The largest absolute Gasteiger partial charge is 0.493 e. The maximum absolute atomic E-state index is 5.37. The average molecular weight is 491 g/mol. The zero-order valence-electron chi connectivity index (χ0n) is 16.2. The van der Waals surface area contributed by atoms with E-state index in [1.54, 1.807) is 28.3 Å². The molecule has 0 saturated carbocycles. The highest BCUT2D eigenvalue weighted by Gasteiger charge is 2.13. The fraction of sp³-hybridized carbons (Fsp3) is 0.471. The van der Waals surface area contributed by atoms with Crippen molar-refractivity contribution in [2.75, 3.05) is 27.9 Å². The number of aliphatic imine (C=N–C) groups is 1. The van der Waals surface area contributed by atoms with Crippen molar-refractivity contribution in [2.24, 2.45) is 4.99 Å². The number of nitrogens with zero attached hydrogens (tertiary/aromatic N) is 3.